The summed E-state index contributed by atoms with van der Waals surface area (Å²) < 4.78 is 5.15. The van der Waals surface area contributed by atoms with Crippen LogP contribution in [0.5, 0.6) is 0 Å². The molecule has 0 aliphatic heterocycles. The third-order valence-electron chi connectivity index (χ3n) is 3.15. The number of nitrogens with one attached hydrogen (secondary N) is 4. The molecule has 0 unspecified atom stereocenters. The number of benzene rings is 2. The number of carbonyl (C=O) groups is 2. The molecule has 0 radical (unpaired) electrons. The number of para-hydroxylation sites is 1. The van der Waals surface area contributed by atoms with E-state index < -0.39 is 0 Å². The molecule has 0 aromatic heterocycles. The van der Waals surface area contributed by atoms with E-state index in [0.717, 1.165) is 0 Å². The molecule has 2 aromatic carbocycles. The fraction of sp³-hybridized carbons (Fsp3) is 0.222. The summed E-state index contributed by atoms with van der Waals surface area (Å²) in [6.07, 6.45) is 0. The van der Waals surface area contributed by atoms with Crippen molar-refractivity contribution in [3.8, 4) is 0 Å². The summed E-state index contributed by atoms with van der Waals surface area (Å²) in [7, 11) is 0. The van der Waals surface area contributed by atoms with Crippen molar-refractivity contribution in [2.45, 2.75) is 6.92 Å². The van der Waals surface area contributed by atoms with Crippen molar-refractivity contribution in [1.82, 2.24) is 5.32 Å². The van der Waals surface area contributed by atoms with Crippen LogP contribution in [0.1, 0.15) is 6.92 Å². The van der Waals surface area contributed by atoms with Gasteiger partial charge in [-0.2, -0.15) is 0 Å². The normalized spacial score (nSPS) is 9.96. The highest BCUT2D eigenvalue weighted by Gasteiger charge is 2.05. The second kappa shape index (κ2) is 9.94. The summed E-state index contributed by atoms with van der Waals surface area (Å²) in [5.41, 5.74) is 1.84. The van der Waals surface area contributed by atoms with E-state index in [2.05, 4.69) is 21.3 Å². The molecule has 4 N–H and O–H groups in total. The van der Waals surface area contributed by atoms with Crippen molar-refractivity contribution in [1.29, 1.82) is 0 Å². The lowest BCUT2D eigenvalue weighted by Crippen LogP contribution is -2.31. The highest BCUT2D eigenvalue weighted by Crippen LogP contribution is 2.15. The van der Waals surface area contributed by atoms with Gasteiger partial charge in [0.25, 0.3) is 0 Å². The van der Waals surface area contributed by atoms with E-state index in [1.54, 1.807) is 36.4 Å². The van der Waals surface area contributed by atoms with Gasteiger partial charge in [0.2, 0.25) is 0 Å². The molecule has 7 nitrogen and oxygen atoms in total. The quantitative estimate of drug-likeness (QED) is 0.581. The van der Waals surface area contributed by atoms with Gasteiger partial charge in [0.15, 0.2) is 0 Å². The topological polar surface area (TPSA) is 91.5 Å². The van der Waals surface area contributed by atoms with Crippen LogP contribution in [0.3, 0.4) is 0 Å². The Morgan fingerprint density at radius 1 is 0.840 bits per heavy atom. The highest BCUT2D eigenvalue weighted by molar-refractivity contribution is 6.00. The molecule has 0 spiro atoms. The Hall–Kier alpha value is -3.06. The van der Waals surface area contributed by atoms with Crippen LogP contribution in [-0.4, -0.2) is 31.8 Å². The van der Waals surface area contributed by atoms with Crippen LogP contribution in [0.4, 0.5) is 26.7 Å². The molecule has 4 amide bonds. The lowest BCUT2D eigenvalue weighted by atomic mass is 10.3. The van der Waals surface area contributed by atoms with E-state index in [1.165, 1.54) is 0 Å². The molecule has 0 saturated heterocycles. The summed E-state index contributed by atoms with van der Waals surface area (Å²) in [5, 5.41) is 10.8. The van der Waals surface area contributed by atoms with Crippen molar-refractivity contribution in [3.05, 3.63) is 54.6 Å². The maximum Gasteiger partial charge on any atom is 0.323 e. The Kier molecular flexibility index (Phi) is 7.27. The fourth-order valence-corrected chi connectivity index (χ4v) is 2.05. The van der Waals surface area contributed by atoms with Gasteiger partial charge in [-0.05, 0) is 37.3 Å². The van der Waals surface area contributed by atoms with Gasteiger partial charge >= 0.3 is 12.1 Å². The molecule has 2 rings (SSSR count). The van der Waals surface area contributed by atoms with Gasteiger partial charge in [0.05, 0.1) is 6.61 Å². The molecule has 25 heavy (non-hydrogen) atoms. The van der Waals surface area contributed by atoms with Crippen LogP contribution in [0.15, 0.2) is 54.6 Å². The van der Waals surface area contributed by atoms with Crippen LogP contribution in [0, 0.1) is 0 Å². The van der Waals surface area contributed by atoms with Gasteiger partial charge in [-0.25, -0.2) is 9.59 Å². The third kappa shape index (κ3) is 6.92. The smallest absolute Gasteiger partial charge is 0.323 e. The zero-order valence-electron chi connectivity index (χ0n) is 14.0. The van der Waals surface area contributed by atoms with Gasteiger partial charge in [-0.1, -0.05) is 24.3 Å². The zero-order valence-corrected chi connectivity index (χ0v) is 14.0. The SMILES string of the molecule is CCOCCNC(=O)Nc1cccc(NC(=O)Nc2ccccc2)c1. The molecule has 0 bridgehead atoms. The highest BCUT2D eigenvalue weighted by atomic mass is 16.5. The number of ether oxygens (including phenoxy) is 1. The lowest BCUT2D eigenvalue weighted by molar-refractivity contribution is 0.150. The van der Waals surface area contributed by atoms with Gasteiger partial charge in [-0.3, -0.25) is 0 Å². The Morgan fingerprint density at radius 3 is 2.12 bits per heavy atom. The minimum Gasteiger partial charge on any atom is -0.380 e. The third-order valence-corrected chi connectivity index (χ3v) is 3.15. The van der Waals surface area contributed by atoms with Crippen molar-refractivity contribution in [2.24, 2.45) is 0 Å². The molecule has 0 heterocycles. The van der Waals surface area contributed by atoms with Gasteiger partial charge in [-0.15, -0.1) is 0 Å². The molecule has 7 heteroatoms. The molecular weight excluding hydrogens is 320 g/mol. The molecule has 0 aliphatic rings. The van der Waals surface area contributed by atoms with E-state index in [1.807, 2.05) is 25.1 Å². The molecular formula is C18H22N4O3. The molecule has 0 aliphatic carbocycles. The average molecular weight is 342 g/mol. The number of hydrogen-bond acceptors (Lipinski definition) is 3. The predicted octanol–water partition coefficient (Wildman–Crippen LogP) is 3.49. The van der Waals surface area contributed by atoms with Crippen molar-refractivity contribution in [3.63, 3.8) is 0 Å². The molecule has 2 aromatic rings. The first kappa shape index (κ1) is 18.3. The van der Waals surface area contributed by atoms with E-state index in [-0.39, 0.29) is 12.1 Å². The van der Waals surface area contributed by atoms with Crippen LogP contribution >= 0.6 is 0 Å². The van der Waals surface area contributed by atoms with Gasteiger partial charge in [0, 0.05) is 30.2 Å². The van der Waals surface area contributed by atoms with Gasteiger partial charge in [0.1, 0.15) is 0 Å². The summed E-state index contributed by atoms with van der Waals surface area (Å²) in [6.45, 7) is 3.40. The first-order valence-corrected chi connectivity index (χ1v) is 8.03. The first-order chi connectivity index (χ1) is 12.2. The Bertz CT molecular complexity index is 692. The van der Waals surface area contributed by atoms with Crippen molar-refractivity contribution >= 4 is 29.1 Å². The first-order valence-electron chi connectivity index (χ1n) is 8.03. The molecule has 132 valence electrons. The number of carbonyl (C=O) groups excluding carboxylic acids is 2. The maximum absolute atomic E-state index is 12.0. The zero-order chi connectivity index (χ0) is 17.9. The number of hydrogen-bond donors (Lipinski definition) is 4. The maximum atomic E-state index is 12.0. The van der Waals surface area contributed by atoms with Crippen LogP contribution in [-0.2, 0) is 4.74 Å². The number of amides is 4. The van der Waals surface area contributed by atoms with E-state index >= 15 is 0 Å². The van der Waals surface area contributed by atoms with E-state index in [9.17, 15) is 9.59 Å². The Morgan fingerprint density at radius 2 is 1.44 bits per heavy atom. The van der Waals surface area contributed by atoms with Crippen LogP contribution in [0.25, 0.3) is 0 Å². The molecule has 0 saturated carbocycles. The average Bonchev–Trinajstić information content (AvgIpc) is 2.60. The Labute approximate surface area is 146 Å². The van der Waals surface area contributed by atoms with Gasteiger partial charge < -0.3 is 26.0 Å². The van der Waals surface area contributed by atoms with E-state index in [0.29, 0.717) is 36.8 Å². The summed E-state index contributed by atoms with van der Waals surface area (Å²) in [5.74, 6) is 0. The Balaban J connectivity index is 1.83. The van der Waals surface area contributed by atoms with Crippen LogP contribution < -0.4 is 21.3 Å². The second-order valence-corrected chi connectivity index (χ2v) is 5.10. The largest absolute Gasteiger partial charge is 0.380 e. The monoisotopic (exact) mass is 342 g/mol. The second-order valence-electron chi connectivity index (χ2n) is 5.10. The lowest BCUT2D eigenvalue weighted by Gasteiger charge is -2.10. The standard InChI is InChI=1S/C18H22N4O3/c1-2-25-12-11-19-17(23)21-15-9-6-10-16(13-15)22-18(24)20-14-7-4-3-5-8-14/h3-10,13H,2,11-12H2,1H3,(H2,19,21,23)(H2,20,22,24). The minimum absolute atomic E-state index is 0.328. The number of urea groups is 2. The molecule has 0 fully saturated rings. The van der Waals surface area contributed by atoms with Crippen molar-refractivity contribution < 1.29 is 14.3 Å². The van der Waals surface area contributed by atoms with Crippen molar-refractivity contribution in [2.75, 3.05) is 35.7 Å². The van der Waals surface area contributed by atoms with Crippen LogP contribution in [0.2, 0.25) is 0 Å². The summed E-state index contributed by atoms with van der Waals surface area (Å²) in [4.78, 5) is 23.8. The number of anilines is 3. The predicted molar refractivity (Wildman–Crippen MR) is 99.0 cm³/mol. The number of rotatable bonds is 7. The fourth-order valence-electron chi connectivity index (χ4n) is 2.05. The molecule has 0 atom stereocenters. The van der Waals surface area contributed by atoms with E-state index in [4.69, 9.17) is 4.74 Å². The summed E-state index contributed by atoms with van der Waals surface area (Å²) in [6, 6.07) is 15.3. The summed E-state index contributed by atoms with van der Waals surface area (Å²) >= 11 is 0. The minimum atomic E-state index is -0.357.